The Hall–Kier alpha value is -0.360. The summed E-state index contributed by atoms with van der Waals surface area (Å²) >= 11 is 13.6. The van der Waals surface area contributed by atoms with Gasteiger partial charge < -0.3 is 5.11 Å². The van der Waals surface area contributed by atoms with Crippen LogP contribution in [-0.4, -0.2) is 5.11 Å². The molecule has 0 aliphatic heterocycles. The molecule has 5 heteroatoms. The van der Waals surface area contributed by atoms with Gasteiger partial charge in [-0.25, -0.2) is 4.39 Å². The van der Waals surface area contributed by atoms with Crippen LogP contribution in [0.15, 0.2) is 36.4 Å². The van der Waals surface area contributed by atoms with Crippen molar-refractivity contribution < 1.29 is 9.50 Å². The molecule has 0 aromatic heterocycles. The zero-order valence-electron chi connectivity index (χ0n) is 9.00. The van der Waals surface area contributed by atoms with Crippen molar-refractivity contribution in [3.05, 3.63) is 67.0 Å². The Kier molecular flexibility index (Phi) is 4.48. The van der Waals surface area contributed by atoms with Gasteiger partial charge in [-0.15, -0.1) is 0 Å². The van der Waals surface area contributed by atoms with Gasteiger partial charge in [0, 0.05) is 19.2 Å². The van der Waals surface area contributed by atoms with Gasteiger partial charge in [0.15, 0.2) is 0 Å². The Labute approximate surface area is 128 Å². The third-order valence-electron chi connectivity index (χ3n) is 2.51. The molecule has 1 atom stereocenters. The lowest BCUT2D eigenvalue weighted by molar-refractivity contribution is 0.214. The summed E-state index contributed by atoms with van der Waals surface area (Å²) in [6.07, 6.45) is -1.06. The van der Waals surface area contributed by atoms with Gasteiger partial charge in [0.2, 0.25) is 0 Å². The van der Waals surface area contributed by atoms with Crippen LogP contribution in [0.25, 0.3) is 0 Å². The van der Waals surface area contributed by atoms with Crippen LogP contribution in [0.5, 0.6) is 0 Å². The standard InChI is InChI=1S/C13H8Cl2FIO/c14-7-2-4-12(17)10(5-7)13(18)9-3-1-8(15)6-11(9)16/h1-6,13,18H. The first-order valence-corrected chi connectivity index (χ1v) is 6.90. The zero-order valence-corrected chi connectivity index (χ0v) is 12.7. The van der Waals surface area contributed by atoms with Crippen molar-refractivity contribution in [1.29, 1.82) is 0 Å². The molecule has 0 fully saturated rings. The molecule has 0 heterocycles. The Balaban J connectivity index is 2.47. The summed E-state index contributed by atoms with van der Waals surface area (Å²) < 4.78 is 14.6. The average Bonchev–Trinajstić information content (AvgIpc) is 2.31. The predicted molar refractivity (Wildman–Crippen MR) is 79.6 cm³/mol. The Morgan fingerprint density at radius 1 is 1.00 bits per heavy atom. The van der Waals surface area contributed by atoms with E-state index in [-0.39, 0.29) is 5.56 Å². The largest absolute Gasteiger partial charge is 0.384 e. The van der Waals surface area contributed by atoms with Crippen LogP contribution in [-0.2, 0) is 0 Å². The van der Waals surface area contributed by atoms with Gasteiger partial charge in [0.1, 0.15) is 11.9 Å². The van der Waals surface area contributed by atoms with Crippen molar-refractivity contribution in [2.45, 2.75) is 6.10 Å². The van der Waals surface area contributed by atoms with Crippen LogP contribution in [0, 0.1) is 9.39 Å². The number of halogens is 4. The van der Waals surface area contributed by atoms with Crippen LogP contribution >= 0.6 is 45.8 Å². The molecule has 0 saturated carbocycles. The molecule has 94 valence electrons. The van der Waals surface area contributed by atoms with E-state index in [0.29, 0.717) is 15.6 Å². The molecule has 1 N–H and O–H groups in total. The number of rotatable bonds is 2. The number of hydrogen-bond donors (Lipinski definition) is 1. The maximum atomic E-state index is 13.7. The summed E-state index contributed by atoms with van der Waals surface area (Å²) in [4.78, 5) is 0. The molecular weight excluding hydrogens is 389 g/mol. The average molecular weight is 397 g/mol. The molecule has 0 saturated heterocycles. The third-order valence-corrected chi connectivity index (χ3v) is 3.96. The van der Waals surface area contributed by atoms with Gasteiger partial charge >= 0.3 is 0 Å². The second kappa shape index (κ2) is 5.74. The molecule has 18 heavy (non-hydrogen) atoms. The van der Waals surface area contributed by atoms with E-state index in [4.69, 9.17) is 23.2 Å². The van der Waals surface area contributed by atoms with Crippen molar-refractivity contribution >= 4 is 45.8 Å². The first kappa shape index (κ1) is 14.1. The summed E-state index contributed by atoms with van der Waals surface area (Å²) in [5.41, 5.74) is 0.754. The highest BCUT2D eigenvalue weighted by atomic mass is 127. The first-order valence-electron chi connectivity index (χ1n) is 5.07. The highest BCUT2D eigenvalue weighted by molar-refractivity contribution is 14.1. The van der Waals surface area contributed by atoms with E-state index in [2.05, 4.69) is 22.6 Å². The van der Waals surface area contributed by atoms with Crippen molar-refractivity contribution in [1.82, 2.24) is 0 Å². The summed E-state index contributed by atoms with van der Waals surface area (Å²) in [5.74, 6) is -0.536. The van der Waals surface area contributed by atoms with Gasteiger partial charge in [-0.1, -0.05) is 29.3 Å². The third kappa shape index (κ3) is 2.96. The van der Waals surface area contributed by atoms with Gasteiger partial charge in [-0.05, 0) is 58.5 Å². The number of aliphatic hydroxyl groups excluding tert-OH is 1. The molecule has 0 aliphatic rings. The molecule has 0 radical (unpaired) electrons. The fraction of sp³-hybridized carbons (Fsp3) is 0.0769. The van der Waals surface area contributed by atoms with Crippen LogP contribution in [0.3, 0.4) is 0 Å². The smallest absolute Gasteiger partial charge is 0.130 e. The molecule has 2 rings (SSSR count). The maximum absolute atomic E-state index is 13.7. The van der Waals surface area contributed by atoms with E-state index in [1.807, 2.05) is 0 Å². The summed E-state index contributed by atoms with van der Waals surface area (Å²) in [6.45, 7) is 0. The second-order valence-electron chi connectivity index (χ2n) is 3.73. The summed E-state index contributed by atoms with van der Waals surface area (Å²) in [7, 11) is 0. The Morgan fingerprint density at radius 3 is 2.28 bits per heavy atom. The van der Waals surface area contributed by atoms with Crippen molar-refractivity contribution in [3.8, 4) is 0 Å². The minimum absolute atomic E-state index is 0.180. The monoisotopic (exact) mass is 396 g/mol. The van der Waals surface area contributed by atoms with Crippen LogP contribution in [0.2, 0.25) is 10.0 Å². The van der Waals surface area contributed by atoms with E-state index in [1.54, 1.807) is 24.3 Å². The zero-order chi connectivity index (χ0) is 13.3. The topological polar surface area (TPSA) is 20.2 Å². The van der Waals surface area contributed by atoms with Crippen LogP contribution in [0.1, 0.15) is 17.2 Å². The molecule has 0 aliphatic carbocycles. The van der Waals surface area contributed by atoms with Gasteiger partial charge in [-0.2, -0.15) is 0 Å². The molecular formula is C13H8Cl2FIO. The van der Waals surface area contributed by atoms with Crippen LogP contribution in [0.4, 0.5) is 4.39 Å². The first-order chi connectivity index (χ1) is 8.49. The van der Waals surface area contributed by atoms with E-state index in [0.717, 1.165) is 3.57 Å². The van der Waals surface area contributed by atoms with E-state index in [1.165, 1.54) is 12.1 Å². The molecule has 0 amide bonds. The Bertz CT molecular complexity index is 589. The van der Waals surface area contributed by atoms with Crippen LogP contribution < -0.4 is 0 Å². The van der Waals surface area contributed by atoms with Crippen molar-refractivity contribution in [2.75, 3.05) is 0 Å². The van der Waals surface area contributed by atoms with Gasteiger partial charge in [0.25, 0.3) is 0 Å². The molecule has 1 unspecified atom stereocenters. The summed E-state index contributed by atoms with van der Waals surface area (Å²) in [5, 5.41) is 11.0. The second-order valence-corrected chi connectivity index (χ2v) is 5.77. The minimum Gasteiger partial charge on any atom is -0.384 e. The van der Waals surface area contributed by atoms with Crippen molar-refractivity contribution in [2.24, 2.45) is 0 Å². The van der Waals surface area contributed by atoms with Gasteiger partial charge in [0.05, 0.1) is 0 Å². The quantitative estimate of drug-likeness (QED) is 0.721. The SMILES string of the molecule is OC(c1ccc(Cl)cc1F)c1cc(Cl)ccc1I. The molecule has 0 spiro atoms. The number of benzene rings is 2. The predicted octanol–water partition coefficient (Wildman–Crippen LogP) is 4.82. The Morgan fingerprint density at radius 2 is 1.61 bits per heavy atom. The van der Waals surface area contributed by atoms with E-state index in [9.17, 15) is 9.50 Å². The lowest BCUT2D eigenvalue weighted by Crippen LogP contribution is -2.04. The van der Waals surface area contributed by atoms with E-state index < -0.39 is 11.9 Å². The minimum atomic E-state index is -1.06. The summed E-state index contributed by atoms with van der Waals surface area (Å²) in [6, 6.07) is 9.31. The number of aliphatic hydroxyl groups is 1. The maximum Gasteiger partial charge on any atom is 0.130 e. The molecule has 1 nitrogen and oxygen atoms in total. The lowest BCUT2D eigenvalue weighted by atomic mass is 10.0. The van der Waals surface area contributed by atoms with Gasteiger partial charge in [-0.3, -0.25) is 0 Å². The normalized spacial score (nSPS) is 12.5. The fourth-order valence-corrected chi connectivity index (χ4v) is 2.58. The fourth-order valence-electron chi connectivity index (χ4n) is 1.61. The van der Waals surface area contributed by atoms with Crippen molar-refractivity contribution in [3.63, 3.8) is 0 Å². The highest BCUT2D eigenvalue weighted by Crippen LogP contribution is 2.30. The molecule has 0 bridgehead atoms. The lowest BCUT2D eigenvalue weighted by Gasteiger charge is -2.14. The van der Waals surface area contributed by atoms with E-state index >= 15 is 0 Å². The molecule has 2 aromatic rings. The number of hydrogen-bond acceptors (Lipinski definition) is 1. The highest BCUT2D eigenvalue weighted by Gasteiger charge is 2.18. The molecule has 2 aromatic carbocycles.